The van der Waals surface area contributed by atoms with Crippen LogP contribution in [-0.4, -0.2) is 99.7 Å². The molecule has 20 heteroatoms. The van der Waals surface area contributed by atoms with Crippen molar-refractivity contribution >= 4 is 109 Å². The van der Waals surface area contributed by atoms with Gasteiger partial charge in [-0.1, -0.05) is 162 Å². The molecular weight excluding hydrogens is 1600 g/mol. The van der Waals surface area contributed by atoms with Crippen LogP contribution < -0.4 is 0 Å². The van der Waals surface area contributed by atoms with Gasteiger partial charge in [0.1, 0.15) is 6.33 Å². The van der Waals surface area contributed by atoms with E-state index in [1.165, 1.54) is 27.6 Å². The molecule has 680 valence electrons. The van der Waals surface area contributed by atoms with E-state index in [1.807, 2.05) is 390 Å². The van der Waals surface area contributed by atoms with Gasteiger partial charge < -0.3 is 0 Å². The first-order valence-electron chi connectivity index (χ1n) is 45.3. The molecule has 18 aromatic heterocycles. The zero-order valence-electron chi connectivity index (χ0n) is 82.8. The second-order valence-corrected chi connectivity index (χ2v) is 25.4. The molecule has 0 saturated carbocycles. The highest BCUT2D eigenvalue weighted by molar-refractivity contribution is 5.84. The van der Waals surface area contributed by atoms with Crippen molar-refractivity contribution in [2.75, 3.05) is 0 Å². The van der Waals surface area contributed by atoms with Gasteiger partial charge >= 0.3 is 0 Å². The van der Waals surface area contributed by atoms with Crippen LogP contribution in [-0.2, 0) is 0 Å². The number of aromatic nitrogens is 20. The van der Waals surface area contributed by atoms with Gasteiger partial charge in [0, 0.05) is 200 Å². The number of fused-ring (bicyclic) bond motifs is 10. The van der Waals surface area contributed by atoms with Crippen molar-refractivity contribution in [3.8, 4) is 0 Å². The number of hydrogen-bond donors (Lipinski definition) is 0. The van der Waals surface area contributed by atoms with Crippen molar-refractivity contribution in [3.63, 3.8) is 0 Å². The van der Waals surface area contributed by atoms with Crippen LogP contribution >= 0.6 is 0 Å². The molecule has 0 amide bonds. The highest BCUT2D eigenvalue weighted by atomic mass is 14.8. The van der Waals surface area contributed by atoms with Crippen LogP contribution in [0.25, 0.3) is 109 Å². The van der Waals surface area contributed by atoms with Gasteiger partial charge in [-0.05, 0) is 243 Å². The summed E-state index contributed by atoms with van der Waals surface area (Å²) in [6.45, 7) is 60.0. The summed E-state index contributed by atoms with van der Waals surface area (Å²) in [7, 11) is 0. The summed E-state index contributed by atoms with van der Waals surface area (Å²) in [5, 5.41) is 11.3. The largest absolute Gasteiger partial charge is 0.264 e. The average Bonchev–Trinajstić information content (AvgIpc) is 0.929. The number of hydrogen-bond acceptors (Lipinski definition) is 20. The van der Waals surface area contributed by atoms with Crippen LogP contribution in [0, 0.1) is 69.2 Å². The molecule has 0 unspecified atom stereocenters. The number of benzene rings is 2. The Balaban J connectivity index is 0.000000706. The highest BCUT2D eigenvalue weighted by Crippen LogP contribution is 2.18. The van der Waals surface area contributed by atoms with Crippen molar-refractivity contribution in [1.29, 1.82) is 0 Å². The van der Waals surface area contributed by atoms with Gasteiger partial charge in [-0.2, -0.15) is 0 Å². The maximum Gasteiger partial charge on any atom is 0.159 e. The van der Waals surface area contributed by atoms with E-state index in [-0.39, 0.29) is 0 Å². The van der Waals surface area contributed by atoms with Crippen molar-refractivity contribution in [3.05, 3.63) is 363 Å². The van der Waals surface area contributed by atoms with E-state index in [0.717, 1.165) is 138 Å². The quantitative estimate of drug-likeness (QED) is 0.137. The summed E-state index contributed by atoms with van der Waals surface area (Å²) in [5.41, 5.74) is 20.6. The van der Waals surface area contributed by atoms with Crippen molar-refractivity contribution in [2.24, 2.45) is 0 Å². The Morgan fingerprint density at radius 2 is 0.554 bits per heavy atom. The molecule has 0 atom stereocenters. The predicted molar refractivity (Wildman–Crippen MR) is 556 cm³/mol. The molecule has 0 spiro atoms. The smallest absolute Gasteiger partial charge is 0.159 e. The number of rotatable bonds is 0. The van der Waals surface area contributed by atoms with Gasteiger partial charge in [0.05, 0.1) is 62.0 Å². The lowest BCUT2D eigenvalue weighted by atomic mass is 10.2. The third-order valence-corrected chi connectivity index (χ3v) is 16.3. The molecule has 130 heavy (non-hydrogen) atoms. The van der Waals surface area contributed by atoms with E-state index in [4.69, 9.17) is 0 Å². The molecule has 2 aromatic carbocycles. The third kappa shape index (κ3) is 41.8. The van der Waals surface area contributed by atoms with E-state index in [2.05, 4.69) is 143 Å². The van der Waals surface area contributed by atoms with E-state index in [9.17, 15) is 0 Å². The predicted octanol–water partition coefficient (Wildman–Crippen LogP) is 29.6. The summed E-state index contributed by atoms with van der Waals surface area (Å²) in [4.78, 5) is 82.7. The topological polar surface area (TPSA) is 258 Å². The Morgan fingerprint density at radius 3 is 1.19 bits per heavy atom. The van der Waals surface area contributed by atoms with Crippen molar-refractivity contribution in [1.82, 2.24) is 99.7 Å². The monoisotopic (exact) mass is 1740 g/mol. The normalized spacial score (nSPS) is 9.15. The van der Waals surface area contributed by atoms with Crippen LogP contribution in [0.5, 0.6) is 0 Å². The van der Waals surface area contributed by atoms with E-state index < -0.39 is 0 Å². The molecule has 20 aromatic rings. The van der Waals surface area contributed by atoms with E-state index >= 15 is 0 Å². The second-order valence-electron chi connectivity index (χ2n) is 25.4. The fraction of sp³-hybridized carbons (Fsp3) is 0.273. The van der Waals surface area contributed by atoms with Gasteiger partial charge in [-0.25, -0.2) is 19.9 Å². The van der Waals surface area contributed by atoms with Gasteiger partial charge in [-0.3, -0.25) is 79.7 Å². The Hall–Kier alpha value is -14.4. The number of pyridine rings is 16. The van der Waals surface area contributed by atoms with E-state index in [1.54, 1.807) is 80.7 Å². The minimum Gasteiger partial charge on any atom is -0.264 e. The average molecular weight is 1740 g/mol. The Labute approximate surface area is 774 Å². The molecule has 0 radical (unpaired) electrons. The molecule has 20 rings (SSSR count). The Morgan fingerprint density at radius 1 is 0.154 bits per heavy atom. The fourth-order valence-corrected chi connectivity index (χ4v) is 10.8. The lowest BCUT2D eigenvalue weighted by Gasteiger charge is -1.95. The van der Waals surface area contributed by atoms with Crippen LogP contribution in [0.15, 0.2) is 306 Å². The van der Waals surface area contributed by atoms with Crippen LogP contribution in [0.4, 0.5) is 0 Å². The third-order valence-electron chi connectivity index (χ3n) is 16.3. The Kier molecular flexibility index (Phi) is 61.0. The molecule has 0 saturated heterocycles. The van der Waals surface area contributed by atoms with Crippen LogP contribution in [0.1, 0.15) is 195 Å². The maximum atomic E-state index is 4.34. The molecule has 20 nitrogen and oxygen atoms in total. The van der Waals surface area contributed by atoms with Crippen molar-refractivity contribution in [2.45, 2.75) is 208 Å². The first-order chi connectivity index (χ1) is 63.6. The van der Waals surface area contributed by atoms with E-state index in [0.29, 0.717) is 0 Å². The zero-order valence-corrected chi connectivity index (χ0v) is 82.8. The molecule has 0 aliphatic rings. The molecule has 0 aliphatic carbocycles. The molecule has 0 fully saturated rings. The summed E-state index contributed by atoms with van der Waals surface area (Å²) in [6.07, 6.45) is 39.3. The fourth-order valence-electron chi connectivity index (χ4n) is 10.8. The summed E-state index contributed by atoms with van der Waals surface area (Å²) in [5.74, 6) is 0. The number of aryl methyl sites for hydroxylation is 10. The lowest BCUT2D eigenvalue weighted by molar-refractivity contribution is 1.21. The summed E-state index contributed by atoms with van der Waals surface area (Å²) >= 11 is 0. The lowest BCUT2D eigenvalue weighted by Crippen LogP contribution is -1.83. The van der Waals surface area contributed by atoms with Crippen LogP contribution in [0.2, 0.25) is 0 Å². The second kappa shape index (κ2) is 69.8. The molecule has 0 N–H and O–H groups in total. The minimum absolute atomic E-state index is 0.818. The van der Waals surface area contributed by atoms with Gasteiger partial charge in [-0.15, -0.1) is 0 Å². The van der Waals surface area contributed by atoms with Crippen LogP contribution in [0.3, 0.4) is 0 Å². The highest BCUT2D eigenvalue weighted by Gasteiger charge is 2.01. The van der Waals surface area contributed by atoms with Gasteiger partial charge in [0.15, 0.2) is 5.65 Å². The summed E-state index contributed by atoms with van der Waals surface area (Å²) < 4.78 is 0. The standard InChI is InChI=1S/10C9H8N2.10C2H6/c1-7-4-9-5-10-3-2-8(9)6-11-7;1-7-4-8-2-3-10-5-9(8)6-11-7;1-7-4-8-2-3-10-6-9(8)11-5-7;1-7-2-3-9-8(4-7)5-10-6-11-9;1-7-2-3-8-6-10-5-4-9(8)11-7;1-7-2-3-8-4-5-10-6-9(8)11-7;1-7-2-3-8-9(6-7)11-5-4-10-8;1-7-4-5-8-9(11-7)3-2-6-10-8;1-7-5-9-8(6-11-7)3-2-4-10-9;1-7-5-8-3-2-4-10-9(8)11-6-7;10*1-2/h10*2-6H,1H3;10*1-2H3. The molecule has 0 aliphatic heterocycles. The molecular formula is C110H140N20. The van der Waals surface area contributed by atoms with Gasteiger partial charge in [0.25, 0.3) is 0 Å². The number of nitrogens with zero attached hydrogens (tertiary/aromatic N) is 20. The van der Waals surface area contributed by atoms with Crippen molar-refractivity contribution < 1.29 is 0 Å². The SMILES string of the molecule is CC.CC.CC.CC.CC.CC.CC.CC.CC.CC.Cc1cc2ccncc2cn1.Cc1cc2cnccc2cn1.Cc1cc2ncccc2cn1.Cc1ccc2ccncc2n1.Cc1ccc2cnccc2n1.Cc1ccc2ncccc2n1.Cc1ccc2nccnc2c1.Cc1ccc2ncncc2c1.Cc1cnc2cnccc2c1.Cc1cnc2ncccc2c1. The molecule has 0 bridgehead atoms. The maximum absolute atomic E-state index is 4.34. The summed E-state index contributed by atoms with van der Waals surface area (Å²) in [6, 6.07) is 56.0. The zero-order chi connectivity index (χ0) is 96.8. The Bertz CT molecular complexity index is 5110. The first kappa shape index (κ1) is 114. The molecule has 18 heterocycles. The minimum atomic E-state index is 0.818. The first-order valence-corrected chi connectivity index (χ1v) is 45.3. The van der Waals surface area contributed by atoms with Gasteiger partial charge in [0.2, 0.25) is 0 Å².